The molecule has 10 nitrogen and oxygen atoms in total. The third kappa shape index (κ3) is 5.93. The number of nitrogens with one attached hydrogen (secondary N) is 2. The maximum Gasteiger partial charge on any atom is 0.269 e. The van der Waals surface area contributed by atoms with E-state index in [0.717, 1.165) is 0 Å². The molecule has 1 heterocycles. The summed E-state index contributed by atoms with van der Waals surface area (Å²) in [5.41, 5.74) is 1.59. The van der Waals surface area contributed by atoms with Crippen molar-refractivity contribution >= 4 is 39.3 Å². The third-order valence-electron chi connectivity index (χ3n) is 3.98. The lowest BCUT2D eigenvalue weighted by atomic mass is 10.2. The van der Waals surface area contributed by atoms with Gasteiger partial charge in [-0.1, -0.05) is 0 Å². The molecule has 1 aromatic heterocycles. The lowest BCUT2D eigenvalue weighted by Crippen LogP contribution is -2.15. The molecule has 0 fully saturated rings. The number of nitro benzene ring substituents is 1. The minimum absolute atomic E-state index is 0.0166. The van der Waals surface area contributed by atoms with Gasteiger partial charge < -0.3 is 5.32 Å². The molecule has 0 radical (unpaired) electrons. The smallest absolute Gasteiger partial charge is 0.269 e. The monoisotopic (exact) mass is 439 g/mol. The van der Waals surface area contributed by atoms with Gasteiger partial charge in [0.2, 0.25) is 11.9 Å². The van der Waals surface area contributed by atoms with Crippen LogP contribution in [-0.2, 0) is 14.8 Å². The molecule has 0 unspecified atom stereocenters. The maximum absolute atomic E-state index is 12.4. The third-order valence-corrected chi connectivity index (χ3v) is 5.33. The van der Waals surface area contributed by atoms with Crippen LogP contribution in [0.15, 0.2) is 71.8 Å². The van der Waals surface area contributed by atoms with Crippen molar-refractivity contribution < 1.29 is 18.1 Å². The van der Waals surface area contributed by atoms with Crippen molar-refractivity contribution in [1.29, 1.82) is 0 Å². The van der Waals surface area contributed by atoms with Crippen LogP contribution in [0, 0.1) is 17.0 Å². The van der Waals surface area contributed by atoms with Crippen LogP contribution in [0.2, 0.25) is 0 Å². The number of benzene rings is 2. The standard InChI is InChI=1S/C20H17N5O5S/c1-14-12-13-21-20(22-14)24-31(29,30)18-9-5-16(6-10-18)23-19(26)11-4-15-2-7-17(8-3-15)25(27)28/h2-13H,1H3,(H,23,26)(H,21,22,24)/b11-4+. The zero-order valence-electron chi connectivity index (χ0n) is 16.2. The lowest BCUT2D eigenvalue weighted by molar-refractivity contribution is -0.384. The molecule has 31 heavy (non-hydrogen) atoms. The minimum atomic E-state index is -3.88. The fraction of sp³-hybridized carbons (Fsp3) is 0.0500. The van der Waals surface area contributed by atoms with Crippen molar-refractivity contribution in [2.45, 2.75) is 11.8 Å². The second-order valence-electron chi connectivity index (χ2n) is 6.32. The van der Waals surface area contributed by atoms with E-state index in [0.29, 0.717) is 16.9 Å². The van der Waals surface area contributed by atoms with Gasteiger partial charge in [0.1, 0.15) is 0 Å². The number of carbonyl (C=O) groups is 1. The largest absolute Gasteiger partial charge is 0.323 e. The average Bonchev–Trinajstić information content (AvgIpc) is 2.72. The fourth-order valence-electron chi connectivity index (χ4n) is 2.46. The van der Waals surface area contributed by atoms with Crippen molar-refractivity contribution in [3.05, 3.63) is 88.2 Å². The Labute approximate surface area is 177 Å². The van der Waals surface area contributed by atoms with Gasteiger partial charge in [-0.3, -0.25) is 14.9 Å². The number of hydrogen-bond donors (Lipinski definition) is 2. The summed E-state index contributed by atoms with van der Waals surface area (Å²) in [6.45, 7) is 1.72. The van der Waals surface area contributed by atoms with E-state index in [1.54, 1.807) is 13.0 Å². The van der Waals surface area contributed by atoms with Crippen LogP contribution in [0.1, 0.15) is 11.3 Å². The number of amides is 1. The van der Waals surface area contributed by atoms with Gasteiger partial charge in [-0.15, -0.1) is 0 Å². The summed E-state index contributed by atoms with van der Waals surface area (Å²) in [4.78, 5) is 30.1. The first-order chi connectivity index (χ1) is 14.7. The second-order valence-corrected chi connectivity index (χ2v) is 8.01. The van der Waals surface area contributed by atoms with Crippen molar-refractivity contribution in [3.8, 4) is 0 Å². The lowest BCUT2D eigenvalue weighted by Gasteiger charge is -2.08. The highest BCUT2D eigenvalue weighted by Gasteiger charge is 2.15. The number of rotatable bonds is 7. The number of aryl methyl sites for hydroxylation is 1. The van der Waals surface area contributed by atoms with Crippen LogP contribution in [-0.4, -0.2) is 29.2 Å². The van der Waals surface area contributed by atoms with Crippen LogP contribution in [0.3, 0.4) is 0 Å². The van der Waals surface area contributed by atoms with Crippen molar-refractivity contribution in [2.75, 3.05) is 10.0 Å². The Hall–Kier alpha value is -4.12. The van der Waals surface area contributed by atoms with Crippen molar-refractivity contribution in [3.63, 3.8) is 0 Å². The highest BCUT2D eigenvalue weighted by Crippen LogP contribution is 2.17. The van der Waals surface area contributed by atoms with Gasteiger partial charge in [0.25, 0.3) is 15.7 Å². The molecular weight excluding hydrogens is 422 g/mol. The van der Waals surface area contributed by atoms with Crippen molar-refractivity contribution in [2.24, 2.45) is 0 Å². The zero-order chi connectivity index (χ0) is 22.4. The molecule has 0 atom stereocenters. The summed E-state index contributed by atoms with van der Waals surface area (Å²) in [5.74, 6) is -0.478. The van der Waals surface area contributed by atoms with Crippen molar-refractivity contribution in [1.82, 2.24) is 9.97 Å². The van der Waals surface area contributed by atoms with Crippen LogP contribution >= 0.6 is 0 Å². The first-order valence-electron chi connectivity index (χ1n) is 8.89. The highest BCUT2D eigenvalue weighted by molar-refractivity contribution is 7.92. The van der Waals surface area contributed by atoms with Gasteiger partial charge >= 0.3 is 0 Å². The van der Waals surface area contributed by atoms with Gasteiger partial charge in [0.05, 0.1) is 9.82 Å². The average molecular weight is 439 g/mol. The Bertz CT molecular complexity index is 1240. The molecule has 158 valence electrons. The van der Waals surface area contributed by atoms with E-state index in [1.165, 1.54) is 66.9 Å². The highest BCUT2D eigenvalue weighted by atomic mass is 32.2. The first kappa shape index (κ1) is 21.6. The molecule has 3 rings (SSSR count). The number of sulfonamides is 1. The van der Waals surface area contributed by atoms with Crippen LogP contribution in [0.4, 0.5) is 17.3 Å². The van der Waals surface area contributed by atoms with Crippen LogP contribution in [0.5, 0.6) is 0 Å². The molecule has 11 heteroatoms. The number of nitrogens with zero attached hydrogens (tertiary/aromatic N) is 3. The molecule has 2 N–H and O–H groups in total. The predicted octanol–water partition coefficient (Wildman–Crippen LogP) is 3.15. The van der Waals surface area contributed by atoms with E-state index in [4.69, 9.17) is 0 Å². The molecule has 1 amide bonds. The molecule has 0 spiro atoms. The van der Waals surface area contributed by atoms with Gasteiger partial charge in [-0.05, 0) is 61.0 Å². The van der Waals surface area contributed by atoms with E-state index in [2.05, 4.69) is 20.0 Å². The van der Waals surface area contributed by atoms with Gasteiger partial charge in [0.15, 0.2) is 0 Å². The van der Waals surface area contributed by atoms with Crippen LogP contribution in [0.25, 0.3) is 6.08 Å². The fourth-order valence-corrected chi connectivity index (χ4v) is 3.41. The van der Waals surface area contributed by atoms with E-state index < -0.39 is 20.9 Å². The quantitative estimate of drug-likeness (QED) is 0.327. The number of carbonyl (C=O) groups excluding carboxylic acids is 1. The number of aromatic nitrogens is 2. The Morgan fingerprint density at radius 2 is 1.74 bits per heavy atom. The number of hydrogen-bond acceptors (Lipinski definition) is 7. The Morgan fingerprint density at radius 3 is 2.35 bits per heavy atom. The van der Waals surface area contributed by atoms with E-state index in [-0.39, 0.29) is 16.5 Å². The van der Waals surface area contributed by atoms with E-state index in [1.807, 2.05) is 0 Å². The minimum Gasteiger partial charge on any atom is -0.323 e. The topological polar surface area (TPSA) is 144 Å². The summed E-state index contributed by atoms with van der Waals surface area (Å²) in [7, 11) is -3.88. The normalized spacial score (nSPS) is 11.3. The Morgan fingerprint density at radius 1 is 1.06 bits per heavy atom. The molecule has 0 saturated carbocycles. The van der Waals surface area contributed by atoms with E-state index in [9.17, 15) is 23.3 Å². The second kappa shape index (κ2) is 9.13. The predicted molar refractivity (Wildman–Crippen MR) is 115 cm³/mol. The van der Waals surface area contributed by atoms with Crippen LogP contribution < -0.4 is 10.0 Å². The maximum atomic E-state index is 12.4. The van der Waals surface area contributed by atoms with Gasteiger partial charge in [0, 0.05) is 35.8 Å². The van der Waals surface area contributed by atoms with Gasteiger partial charge in [-0.25, -0.2) is 23.1 Å². The summed E-state index contributed by atoms with van der Waals surface area (Å²) in [6.07, 6.45) is 4.22. The van der Waals surface area contributed by atoms with E-state index >= 15 is 0 Å². The summed E-state index contributed by atoms with van der Waals surface area (Å²) in [6, 6.07) is 12.9. The zero-order valence-corrected chi connectivity index (χ0v) is 17.0. The molecule has 0 aliphatic carbocycles. The molecular formula is C20H17N5O5S. The molecule has 0 aliphatic rings. The number of anilines is 2. The number of nitro groups is 1. The summed E-state index contributed by atoms with van der Waals surface area (Å²) in [5, 5.41) is 13.3. The molecule has 2 aromatic carbocycles. The molecule has 0 saturated heterocycles. The molecule has 0 aliphatic heterocycles. The summed E-state index contributed by atoms with van der Waals surface area (Å²) < 4.78 is 27.2. The Balaban J connectivity index is 1.63. The number of non-ortho nitro benzene ring substituents is 1. The SMILES string of the molecule is Cc1ccnc(NS(=O)(=O)c2ccc(NC(=O)/C=C/c3ccc([N+](=O)[O-])cc3)cc2)n1. The Kier molecular flexibility index (Phi) is 6.36. The van der Waals surface area contributed by atoms with Gasteiger partial charge in [-0.2, -0.15) is 0 Å². The first-order valence-corrected chi connectivity index (χ1v) is 10.4. The summed E-state index contributed by atoms with van der Waals surface area (Å²) >= 11 is 0. The molecule has 0 bridgehead atoms. The molecule has 3 aromatic rings.